The molecule has 1 atom stereocenters. The van der Waals surface area contributed by atoms with Crippen LogP contribution in [0.1, 0.15) is 57.1 Å². The minimum atomic E-state index is 0.513. The number of hydrogen-bond acceptors (Lipinski definition) is 1. The number of rotatable bonds is 3. The molecule has 0 spiro atoms. The molecule has 0 aliphatic carbocycles. The number of nitrogen functional groups attached to an aromatic ring is 1. The van der Waals surface area contributed by atoms with Crippen LogP contribution in [0, 0.1) is 0 Å². The van der Waals surface area contributed by atoms with Crippen LogP contribution in [0.2, 0.25) is 0 Å². The summed E-state index contributed by atoms with van der Waals surface area (Å²) < 4.78 is 0. The summed E-state index contributed by atoms with van der Waals surface area (Å²) in [5, 5.41) is 0. The van der Waals surface area contributed by atoms with Crippen molar-refractivity contribution >= 4 is 5.69 Å². The van der Waals surface area contributed by atoms with Crippen molar-refractivity contribution in [2.24, 2.45) is 0 Å². The molecule has 14 heavy (non-hydrogen) atoms. The Morgan fingerprint density at radius 3 is 2.21 bits per heavy atom. The molecule has 0 radical (unpaired) electrons. The molecular weight excluding hydrogens is 170 g/mol. The van der Waals surface area contributed by atoms with Crippen molar-refractivity contribution in [3.8, 4) is 0 Å². The second-order valence-electron chi connectivity index (χ2n) is 4.31. The molecule has 0 fully saturated rings. The van der Waals surface area contributed by atoms with Crippen LogP contribution >= 0.6 is 0 Å². The lowest BCUT2D eigenvalue weighted by molar-refractivity contribution is 0.732. The summed E-state index contributed by atoms with van der Waals surface area (Å²) >= 11 is 0. The van der Waals surface area contributed by atoms with Crippen LogP contribution in [0.4, 0.5) is 5.69 Å². The molecule has 2 N–H and O–H groups in total. The first-order valence-corrected chi connectivity index (χ1v) is 5.46. The van der Waals surface area contributed by atoms with E-state index in [0.717, 1.165) is 12.1 Å². The molecule has 1 heteroatoms. The van der Waals surface area contributed by atoms with Gasteiger partial charge < -0.3 is 5.73 Å². The zero-order valence-electron chi connectivity index (χ0n) is 9.67. The van der Waals surface area contributed by atoms with Crippen molar-refractivity contribution < 1.29 is 0 Å². The maximum atomic E-state index is 6.16. The highest BCUT2D eigenvalue weighted by molar-refractivity contribution is 5.56. The smallest absolute Gasteiger partial charge is 0.0384 e. The summed E-state index contributed by atoms with van der Waals surface area (Å²) in [6.07, 6.45) is 1.14. The Morgan fingerprint density at radius 2 is 1.71 bits per heavy atom. The Labute approximate surface area is 87.3 Å². The van der Waals surface area contributed by atoms with Crippen molar-refractivity contribution in [3.63, 3.8) is 0 Å². The summed E-state index contributed by atoms with van der Waals surface area (Å²) in [5.74, 6) is 1.08. The van der Waals surface area contributed by atoms with Crippen molar-refractivity contribution in [2.75, 3.05) is 5.73 Å². The molecule has 0 aliphatic rings. The fourth-order valence-corrected chi connectivity index (χ4v) is 1.75. The van der Waals surface area contributed by atoms with Gasteiger partial charge in [0.15, 0.2) is 0 Å². The van der Waals surface area contributed by atoms with Gasteiger partial charge in [-0.3, -0.25) is 0 Å². The number of anilines is 1. The number of hydrogen-bond donors (Lipinski definition) is 1. The lowest BCUT2D eigenvalue weighted by Gasteiger charge is -2.17. The summed E-state index contributed by atoms with van der Waals surface area (Å²) in [6.45, 7) is 8.81. The highest BCUT2D eigenvalue weighted by Crippen LogP contribution is 2.30. The van der Waals surface area contributed by atoms with E-state index in [0.29, 0.717) is 11.8 Å². The van der Waals surface area contributed by atoms with E-state index in [1.165, 1.54) is 11.1 Å². The van der Waals surface area contributed by atoms with Gasteiger partial charge in [0.25, 0.3) is 0 Å². The van der Waals surface area contributed by atoms with E-state index in [-0.39, 0.29) is 0 Å². The van der Waals surface area contributed by atoms with Gasteiger partial charge in [0, 0.05) is 5.69 Å². The summed E-state index contributed by atoms with van der Waals surface area (Å²) in [6, 6.07) is 6.40. The van der Waals surface area contributed by atoms with E-state index in [9.17, 15) is 0 Å². The zero-order valence-corrected chi connectivity index (χ0v) is 9.67. The van der Waals surface area contributed by atoms with Crippen LogP contribution in [0.3, 0.4) is 0 Å². The van der Waals surface area contributed by atoms with Gasteiger partial charge in [-0.25, -0.2) is 0 Å². The van der Waals surface area contributed by atoms with Crippen LogP contribution in [0.5, 0.6) is 0 Å². The van der Waals surface area contributed by atoms with E-state index in [1.807, 2.05) is 0 Å². The normalized spacial score (nSPS) is 13.2. The summed E-state index contributed by atoms with van der Waals surface area (Å²) in [4.78, 5) is 0. The Bertz CT molecular complexity index is 302. The third-order valence-electron chi connectivity index (χ3n) is 2.94. The Hall–Kier alpha value is -0.980. The monoisotopic (exact) mass is 191 g/mol. The predicted octanol–water partition coefficient (Wildman–Crippen LogP) is 3.91. The van der Waals surface area contributed by atoms with E-state index in [2.05, 4.69) is 45.9 Å². The Kier molecular flexibility index (Phi) is 3.56. The predicted molar refractivity (Wildman–Crippen MR) is 63.6 cm³/mol. The molecule has 0 heterocycles. The molecule has 1 aromatic carbocycles. The molecule has 78 valence electrons. The largest absolute Gasteiger partial charge is 0.398 e. The first-order valence-electron chi connectivity index (χ1n) is 5.46. The highest BCUT2D eigenvalue weighted by Gasteiger charge is 2.11. The average molecular weight is 191 g/mol. The van der Waals surface area contributed by atoms with E-state index < -0.39 is 0 Å². The maximum Gasteiger partial charge on any atom is 0.0384 e. The van der Waals surface area contributed by atoms with Gasteiger partial charge in [-0.2, -0.15) is 0 Å². The van der Waals surface area contributed by atoms with Gasteiger partial charge in [-0.05, 0) is 29.4 Å². The average Bonchev–Trinajstić information content (AvgIpc) is 2.16. The minimum absolute atomic E-state index is 0.513. The minimum Gasteiger partial charge on any atom is -0.398 e. The number of benzene rings is 1. The first-order chi connectivity index (χ1) is 6.57. The first kappa shape index (κ1) is 11.1. The second-order valence-corrected chi connectivity index (χ2v) is 4.31. The van der Waals surface area contributed by atoms with Gasteiger partial charge >= 0.3 is 0 Å². The van der Waals surface area contributed by atoms with Crippen LogP contribution in [0.25, 0.3) is 0 Å². The molecular formula is C13H21N. The van der Waals surface area contributed by atoms with Crippen molar-refractivity contribution in [2.45, 2.75) is 46.0 Å². The molecule has 0 amide bonds. The zero-order chi connectivity index (χ0) is 10.7. The Morgan fingerprint density at radius 1 is 1.14 bits per heavy atom. The van der Waals surface area contributed by atoms with Crippen LogP contribution in [0.15, 0.2) is 18.2 Å². The fourth-order valence-electron chi connectivity index (χ4n) is 1.75. The van der Waals surface area contributed by atoms with Crippen molar-refractivity contribution in [1.29, 1.82) is 0 Å². The van der Waals surface area contributed by atoms with Crippen molar-refractivity contribution in [3.05, 3.63) is 29.3 Å². The van der Waals surface area contributed by atoms with Crippen LogP contribution < -0.4 is 5.73 Å². The van der Waals surface area contributed by atoms with E-state index >= 15 is 0 Å². The lowest BCUT2D eigenvalue weighted by atomic mass is 9.91. The van der Waals surface area contributed by atoms with Gasteiger partial charge in [-0.1, -0.05) is 45.9 Å². The maximum absolute atomic E-state index is 6.16. The van der Waals surface area contributed by atoms with E-state index in [4.69, 9.17) is 5.73 Å². The SMILES string of the molecule is CCC(C)c1cccc(C(C)C)c1N. The van der Waals surface area contributed by atoms with Crippen LogP contribution in [-0.2, 0) is 0 Å². The molecule has 1 aromatic rings. The lowest BCUT2D eigenvalue weighted by Crippen LogP contribution is -2.03. The molecule has 0 bridgehead atoms. The summed E-state index contributed by atoms with van der Waals surface area (Å²) in [7, 11) is 0. The Balaban J connectivity index is 3.13. The second kappa shape index (κ2) is 4.50. The van der Waals surface area contributed by atoms with Gasteiger partial charge in [0.05, 0.1) is 0 Å². The van der Waals surface area contributed by atoms with Crippen LogP contribution in [-0.4, -0.2) is 0 Å². The number of para-hydroxylation sites is 1. The topological polar surface area (TPSA) is 26.0 Å². The fraction of sp³-hybridized carbons (Fsp3) is 0.538. The quantitative estimate of drug-likeness (QED) is 0.720. The molecule has 0 aliphatic heterocycles. The molecule has 0 saturated heterocycles. The van der Waals surface area contributed by atoms with Gasteiger partial charge in [-0.15, -0.1) is 0 Å². The molecule has 1 nitrogen and oxygen atoms in total. The highest BCUT2D eigenvalue weighted by atomic mass is 14.6. The third kappa shape index (κ3) is 2.09. The third-order valence-corrected chi connectivity index (χ3v) is 2.94. The molecule has 1 rings (SSSR count). The standard InChI is InChI=1S/C13H21N/c1-5-10(4)12-8-6-7-11(9(2)3)13(12)14/h6-10H,5,14H2,1-4H3. The van der Waals surface area contributed by atoms with Gasteiger partial charge in [0.2, 0.25) is 0 Å². The molecule has 1 unspecified atom stereocenters. The molecule has 0 aromatic heterocycles. The summed E-state index contributed by atoms with van der Waals surface area (Å²) in [5.41, 5.74) is 9.74. The number of nitrogens with two attached hydrogens (primary N) is 1. The molecule has 0 saturated carbocycles. The van der Waals surface area contributed by atoms with E-state index in [1.54, 1.807) is 0 Å². The van der Waals surface area contributed by atoms with Crippen molar-refractivity contribution in [1.82, 2.24) is 0 Å². The van der Waals surface area contributed by atoms with Gasteiger partial charge in [0.1, 0.15) is 0 Å².